The summed E-state index contributed by atoms with van der Waals surface area (Å²) in [5, 5.41) is 5.44. The predicted octanol–water partition coefficient (Wildman–Crippen LogP) is 2.76. The highest BCUT2D eigenvalue weighted by Gasteiger charge is 2.16. The van der Waals surface area contributed by atoms with Crippen LogP contribution in [0.1, 0.15) is 30.7 Å². The fraction of sp³-hybridized carbons (Fsp3) is 0.263. The third kappa shape index (κ3) is 4.04. The van der Waals surface area contributed by atoms with Gasteiger partial charge in [-0.3, -0.25) is 4.79 Å². The molecule has 3 rings (SSSR count). The summed E-state index contributed by atoms with van der Waals surface area (Å²) in [6, 6.07) is 6.51. The third-order valence-electron chi connectivity index (χ3n) is 4.19. The number of nitrogen functional groups attached to an aromatic ring is 1. The lowest BCUT2D eigenvalue weighted by molar-refractivity contribution is -0.127. The number of hydrazone groups is 1. The number of hydrogen-bond acceptors (Lipinski definition) is 8. The number of aromatic nitrogens is 1. The maximum absolute atomic E-state index is 12.3. The molecule has 0 aliphatic heterocycles. The number of nitrogens with zero attached hydrogens (tertiary/aromatic N) is 2. The zero-order valence-electron chi connectivity index (χ0n) is 15.9. The standard InChI is InChI=1S/C19H20N4O4S/c1-9-7-16(24)27-15-8-13(5-6-14(9)15)26-12(4)19(25)22-21-10(2)17-11(3)23-28-18(17)20/h5-8,12H,20H2,1-4H3,(H,22,25)/b21-10-/t12-/m1/s1. The minimum absolute atomic E-state index is 0.403. The summed E-state index contributed by atoms with van der Waals surface area (Å²) in [6.45, 7) is 7.00. The van der Waals surface area contributed by atoms with Gasteiger partial charge in [0.25, 0.3) is 5.91 Å². The average Bonchev–Trinajstić information content (AvgIpc) is 2.97. The number of benzene rings is 1. The van der Waals surface area contributed by atoms with E-state index < -0.39 is 17.6 Å². The highest BCUT2D eigenvalue weighted by Crippen LogP contribution is 2.23. The van der Waals surface area contributed by atoms with Gasteiger partial charge in [0.1, 0.15) is 16.3 Å². The Labute approximate surface area is 165 Å². The van der Waals surface area contributed by atoms with Crippen LogP contribution < -0.4 is 21.5 Å². The molecule has 146 valence electrons. The van der Waals surface area contributed by atoms with Crippen molar-refractivity contribution in [3.05, 3.63) is 51.5 Å². The zero-order valence-corrected chi connectivity index (χ0v) is 16.7. The maximum Gasteiger partial charge on any atom is 0.336 e. The Kier molecular flexibility index (Phi) is 5.46. The Morgan fingerprint density at radius 1 is 1.36 bits per heavy atom. The molecule has 0 spiro atoms. The van der Waals surface area contributed by atoms with Gasteiger partial charge in [0.05, 0.1) is 17.0 Å². The van der Waals surface area contributed by atoms with Gasteiger partial charge >= 0.3 is 5.63 Å². The van der Waals surface area contributed by atoms with Crippen molar-refractivity contribution in [2.45, 2.75) is 33.8 Å². The van der Waals surface area contributed by atoms with Crippen molar-refractivity contribution in [1.82, 2.24) is 9.80 Å². The average molecular weight is 400 g/mol. The molecule has 0 unspecified atom stereocenters. The number of hydrogen-bond donors (Lipinski definition) is 2. The van der Waals surface area contributed by atoms with Crippen LogP contribution in [0.25, 0.3) is 11.0 Å². The Morgan fingerprint density at radius 2 is 2.11 bits per heavy atom. The molecule has 0 aliphatic rings. The number of amides is 1. The van der Waals surface area contributed by atoms with Crippen molar-refractivity contribution in [2.24, 2.45) is 5.10 Å². The van der Waals surface area contributed by atoms with E-state index in [1.54, 1.807) is 32.0 Å². The van der Waals surface area contributed by atoms with Crippen LogP contribution >= 0.6 is 11.5 Å². The van der Waals surface area contributed by atoms with Crippen LogP contribution in [-0.2, 0) is 4.79 Å². The van der Waals surface area contributed by atoms with Crippen LogP contribution in [0.2, 0.25) is 0 Å². The van der Waals surface area contributed by atoms with Gasteiger partial charge in [-0.1, -0.05) is 0 Å². The molecule has 0 saturated heterocycles. The van der Waals surface area contributed by atoms with Crippen molar-refractivity contribution in [3.8, 4) is 5.75 Å². The van der Waals surface area contributed by atoms with Crippen LogP contribution in [0.15, 0.2) is 38.6 Å². The summed E-state index contributed by atoms with van der Waals surface area (Å²) < 4.78 is 15.0. The van der Waals surface area contributed by atoms with Gasteiger partial charge in [0, 0.05) is 17.5 Å². The van der Waals surface area contributed by atoms with E-state index in [1.165, 1.54) is 17.6 Å². The molecule has 0 fully saturated rings. The Morgan fingerprint density at radius 3 is 2.79 bits per heavy atom. The second-order valence-electron chi connectivity index (χ2n) is 6.35. The molecule has 8 nitrogen and oxygen atoms in total. The van der Waals surface area contributed by atoms with Gasteiger partial charge in [-0.25, -0.2) is 10.2 Å². The number of ether oxygens (including phenoxy) is 1. The molecule has 0 bridgehead atoms. The number of nitrogens with two attached hydrogens (primary N) is 1. The SMILES string of the molecule is C/C(=N/NC(=O)[C@@H](C)Oc1ccc2c(C)cc(=O)oc2c1)c1c(C)nsc1N. The van der Waals surface area contributed by atoms with Crippen molar-refractivity contribution in [1.29, 1.82) is 0 Å². The molecule has 9 heteroatoms. The molecule has 3 N–H and O–H groups in total. The van der Waals surface area contributed by atoms with E-state index in [4.69, 9.17) is 14.9 Å². The monoisotopic (exact) mass is 400 g/mol. The smallest absolute Gasteiger partial charge is 0.336 e. The van der Waals surface area contributed by atoms with Crippen LogP contribution in [0.4, 0.5) is 5.00 Å². The van der Waals surface area contributed by atoms with Crippen LogP contribution in [0.5, 0.6) is 5.75 Å². The molecule has 1 atom stereocenters. The first-order valence-electron chi connectivity index (χ1n) is 8.53. The molecular formula is C19H20N4O4S. The molecule has 1 aromatic carbocycles. The molecular weight excluding hydrogens is 380 g/mol. The Balaban J connectivity index is 1.71. The molecule has 2 aromatic heterocycles. The lowest BCUT2D eigenvalue weighted by Gasteiger charge is -2.14. The largest absolute Gasteiger partial charge is 0.481 e. The highest BCUT2D eigenvalue weighted by molar-refractivity contribution is 7.10. The number of aryl methyl sites for hydroxylation is 2. The second kappa shape index (κ2) is 7.81. The lowest BCUT2D eigenvalue weighted by Crippen LogP contribution is -2.34. The summed E-state index contributed by atoms with van der Waals surface area (Å²) in [4.78, 5) is 23.8. The summed E-state index contributed by atoms with van der Waals surface area (Å²) in [6.07, 6.45) is -0.815. The van der Waals surface area contributed by atoms with Gasteiger partial charge in [-0.2, -0.15) is 9.47 Å². The predicted molar refractivity (Wildman–Crippen MR) is 109 cm³/mol. The number of carbonyl (C=O) groups excluding carboxylic acids is 1. The minimum Gasteiger partial charge on any atom is -0.481 e. The molecule has 0 radical (unpaired) electrons. The summed E-state index contributed by atoms with van der Waals surface area (Å²) in [5.74, 6) is -0.0173. The zero-order chi connectivity index (χ0) is 20.4. The molecule has 0 aliphatic carbocycles. The van der Waals surface area contributed by atoms with Gasteiger partial charge in [0.2, 0.25) is 0 Å². The Hall–Kier alpha value is -3.20. The van der Waals surface area contributed by atoms with E-state index in [0.29, 0.717) is 22.0 Å². The van der Waals surface area contributed by atoms with E-state index in [9.17, 15) is 9.59 Å². The maximum atomic E-state index is 12.3. The third-order valence-corrected chi connectivity index (χ3v) is 4.96. The normalized spacial score (nSPS) is 12.8. The quantitative estimate of drug-likeness (QED) is 0.386. The number of nitrogens with one attached hydrogen (secondary N) is 1. The van der Waals surface area contributed by atoms with Crippen molar-refractivity contribution >= 4 is 39.1 Å². The first-order chi connectivity index (χ1) is 13.3. The van der Waals surface area contributed by atoms with Gasteiger partial charge in [-0.15, -0.1) is 0 Å². The minimum atomic E-state index is -0.815. The topological polar surface area (TPSA) is 120 Å². The van der Waals surface area contributed by atoms with Crippen LogP contribution in [-0.4, -0.2) is 22.1 Å². The summed E-state index contributed by atoms with van der Waals surface area (Å²) in [5.41, 5.74) is 11.2. The van der Waals surface area contributed by atoms with Gasteiger partial charge in [0.15, 0.2) is 6.10 Å². The van der Waals surface area contributed by atoms with Crippen LogP contribution in [0.3, 0.4) is 0 Å². The fourth-order valence-electron chi connectivity index (χ4n) is 2.75. The number of fused-ring (bicyclic) bond motifs is 1. The molecule has 28 heavy (non-hydrogen) atoms. The van der Waals surface area contributed by atoms with E-state index in [0.717, 1.165) is 22.2 Å². The molecule has 3 aromatic rings. The van der Waals surface area contributed by atoms with E-state index >= 15 is 0 Å². The van der Waals surface area contributed by atoms with E-state index in [-0.39, 0.29) is 0 Å². The number of anilines is 1. The van der Waals surface area contributed by atoms with Crippen molar-refractivity contribution in [2.75, 3.05) is 5.73 Å². The number of carbonyl (C=O) groups is 1. The molecule has 1 amide bonds. The second-order valence-corrected chi connectivity index (χ2v) is 7.15. The molecule has 2 heterocycles. The highest BCUT2D eigenvalue weighted by atomic mass is 32.1. The summed E-state index contributed by atoms with van der Waals surface area (Å²) in [7, 11) is 0. The first-order valence-corrected chi connectivity index (χ1v) is 9.31. The summed E-state index contributed by atoms with van der Waals surface area (Å²) >= 11 is 1.18. The first kappa shape index (κ1) is 19.6. The van der Waals surface area contributed by atoms with E-state index in [1.807, 2.05) is 13.8 Å². The van der Waals surface area contributed by atoms with Crippen LogP contribution in [0, 0.1) is 13.8 Å². The van der Waals surface area contributed by atoms with E-state index in [2.05, 4.69) is 14.9 Å². The van der Waals surface area contributed by atoms with Gasteiger partial charge in [-0.05, 0) is 56.9 Å². The van der Waals surface area contributed by atoms with Crippen molar-refractivity contribution in [3.63, 3.8) is 0 Å². The van der Waals surface area contributed by atoms with Gasteiger partial charge < -0.3 is 14.9 Å². The fourth-order valence-corrected chi connectivity index (χ4v) is 3.46. The van der Waals surface area contributed by atoms with Crippen molar-refractivity contribution < 1.29 is 13.9 Å². The lowest BCUT2D eigenvalue weighted by atomic mass is 10.1. The Bertz CT molecular complexity index is 1110. The number of rotatable bonds is 5. The molecule has 0 saturated carbocycles.